The maximum Gasteiger partial charge on any atom is 0.491 e. The molecule has 1 aromatic rings. The lowest BCUT2D eigenvalue weighted by Crippen LogP contribution is -2.41. The van der Waals surface area contributed by atoms with E-state index in [1.165, 1.54) is 6.07 Å². The van der Waals surface area contributed by atoms with Crippen LogP contribution in [0, 0.1) is 5.82 Å². The Hall–Kier alpha value is -1.08. The summed E-state index contributed by atoms with van der Waals surface area (Å²) in [5, 5.41) is 3.36. The number of nitrogen functional groups attached to an aromatic ring is 1. The van der Waals surface area contributed by atoms with Crippen LogP contribution in [-0.4, -0.2) is 31.9 Å². The molecule has 0 unspecified atom stereocenters. The Morgan fingerprint density at radius 1 is 1.30 bits per heavy atom. The van der Waals surface area contributed by atoms with Gasteiger partial charge in [0.2, 0.25) is 0 Å². The Balaban J connectivity index is 2.40. The van der Waals surface area contributed by atoms with Crippen molar-refractivity contribution in [1.29, 1.82) is 0 Å². The van der Waals surface area contributed by atoms with Crippen molar-refractivity contribution in [3.8, 4) is 0 Å². The first-order valence-corrected chi connectivity index (χ1v) is 7.90. The number of benzene rings is 1. The molecule has 0 spiro atoms. The Morgan fingerprint density at radius 2 is 1.87 bits per heavy atom. The van der Waals surface area contributed by atoms with E-state index < -0.39 is 24.1 Å². The molecule has 0 aliphatic carbocycles. The normalized spacial score (nSPS) is 20.1. The van der Waals surface area contributed by atoms with Gasteiger partial charge in [0.05, 0.1) is 16.9 Å². The molecule has 1 heterocycles. The topological polar surface area (TPSA) is 56.5 Å². The first-order chi connectivity index (χ1) is 10.6. The molecule has 2 rings (SSSR count). The summed E-state index contributed by atoms with van der Waals surface area (Å²) < 4.78 is 25.9. The van der Waals surface area contributed by atoms with Gasteiger partial charge < -0.3 is 20.4 Å². The zero-order chi connectivity index (χ0) is 17.4. The van der Waals surface area contributed by atoms with Crippen molar-refractivity contribution in [3.05, 3.63) is 34.0 Å². The molecule has 1 aliphatic rings. The van der Waals surface area contributed by atoms with Gasteiger partial charge >= 0.3 is 7.12 Å². The molecule has 0 saturated carbocycles. The number of anilines is 1. The predicted molar refractivity (Wildman–Crippen MR) is 93.8 cm³/mol. The first kappa shape index (κ1) is 18.3. The van der Waals surface area contributed by atoms with Crippen molar-refractivity contribution in [2.45, 2.75) is 38.9 Å². The summed E-state index contributed by atoms with van der Waals surface area (Å²) in [6.45, 7) is 8.45. The summed E-state index contributed by atoms with van der Waals surface area (Å²) in [6.07, 6.45) is 1.77. The Kier molecular flexibility index (Phi) is 5.11. The van der Waals surface area contributed by atoms with Crippen LogP contribution in [0.2, 0.25) is 5.02 Å². The maximum absolute atomic E-state index is 13.8. The third-order valence-corrected chi connectivity index (χ3v) is 4.62. The molecule has 126 valence electrons. The lowest BCUT2D eigenvalue weighted by molar-refractivity contribution is 0.00578. The van der Waals surface area contributed by atoms with Crippen molar-refractivity contribution < 1.29 is 13.7 Å². The number of rotatable bonds is 4. The zero-order valence-electron chi connectivity index (χ0n) is 14.2. The molecule has 1 aromatic carbocycles. The van der Waals surface area contributed by atoms with Gasteiger partial charge in [0, 0.05) is 17.1 Å². The van der Waals surface area contributed by atoms with Gasteiger partial charge in [-0.2, -0.15) is 0 Å². The minimum atomic E-state index is -0.540. The summed E-state index contributed by atoms with van der Waals surface area (Å²) in [6, 6.07) is 2.82. The minimum Gasteiger partial charge on any atom is -0.400 e. The van der Waals surface area contributed by atoms with E-state index >= 15 is 0 Å². The second kappa shape index (κ2) is 6.44. The number of nitrogens with two attached hydrogens (primary N) is 1. The molecule has 23 heavy (non-hydrogen) atoms. The van der Waals surface area contributed by atoms with Crippen LogP contribution in [-0.2, 0) is 9.31 Å². The van der Waals surface area contributed by atoms with Crippen LogP contribution in [0.15, 0.2) is 17.6 Å². The molecule has 4 nitrogen and oxygen atoms in total. The Morgan fingerprint density at radius 3 is 2.39 bits per heavy atom. The van der Waals surface area contributed by atoms with Gasteiger partial charge in [-0.25, -0.2) is 4.39 Å². The highest BCUT2D eigenvalue weighted by molar-refractivity contribution is 6.56. The Labute approximate surface area is 142 Å². The fourth-order valence-electron chi connectivity index (χ4n) is 2.32. The highest BCUT2D eigenvalue weighted by Crippen LogP contribution is 2.39. The third kappa shape index (κ3) is 3.71. The lowest BCUT2D eigenvalue weighted by atomic mass is 9.77. The molecule has 3 N–H and O–H groups in total. The van der Waals surface area contributed by atoms with Crippen LogP contribution in [0.25, 0.3) is 6.08 Å². The number of hydrogen-bond acceptors (Lipinski definition) is 4. The molecular formula is C16H23BClFN2O2. The van der Waals surface area contributed by atoms with Gasteiger partial charge in [-0.15, -0.1) is 0 Å². The fraction of sp³-hybridized carbons (Fsp3) is 0.500. The van der Waals surface area contributed by atoms with Crippen LogP contribution >= 0.6 is 11.6 Å². The highest BCUT2D eigenvalue weighted by Gasteiger charge is 2.52. The van der Waals surface area contributed by atoms with E-state index in [1.54, 1.807) is 12.1 Å². The van der Waals surface area contributed by atoms with Crippen molar-refractivity contribution in [3.63, 3.8) is 0 Å². The Bertz CT molecular complexity index is 619. The molecule has 7 heteroatoms. The number of hydrogen-bond donors (Lipinski definition) is 2. The molecule has 0 bridgehead atoms. The average molecular weight is 341 g/mol. The SMILES string of the molecule is CNCC(=Cc1cc(Cl)cc(F)c1N)B1OC(C)(C)C(C)(C)O1. The molecule has 1 saturated heterocycles. The molecule has 0 aromatic heterocycles. The smallest absolute Gasteiger partial charge is 0.400 e. The molecule has 0 amide bonds. The quantitative estimate of drug-likeness (QED) is 0.652. The second-order valence-corrected chi connectivity index (χ2v) is 7.16. The maximum atomic E-state index is 13.8. The first-order valence-electron chi connectivity index (χ1n) is 7.52. The molecular weight excluding hydrogens is 317 g/mol. The van der Waals surface area contributed by atoms with Crippen LogP contribution in [0.4, 0.5) is 10.1 Å². The monoisotopic (exact) mass is 340 g/mol. The molecule has 0 radical (unpaired) electrons. The molecule has 0 atom stereocenters. The van der Waals surface area contributed by atoms with Gasteiger partial charge in [-0.1, -0.05) is 17.7 Å². The van der Waals surface area contributed by atoms with Crippen LogP contribution in [0.1, 0.15) is 33.3 Å². The number of halogens is 2. The predicted octanol–water partition coefficient (Wildman–Crippen LogP) is 3.30. The van der Waals surface area contributed by atoms with Gasteiger partial charge in [0.15, 0.2) is 0 Å². The van der Waals surface area contributed by atoms with E-state index in [0.717, 1.165) is 5.47 Å². The van der Waals surface area contributed by atoms with E-state index in [2.05, 4.69) is 5.32 Å². The summed E-state index contributed by atoms with van der Waals surface area (Å²) in [5.41, 5.74) is 6.31. The van der Waals surface area contributed by atoms with E-state index in [4.69, 9.17) is 26.6 Å². The van der Waals surface area contributed by atoms with Gasteiger partial charge in [0.25, 0.3) is 0 Å². The van der Waals surface area contributed by atoms with Crippen molar-refractivity contribution in [2.75, 3.05) is 19.3 Å². The largest absolute Gasteiger partial charge is 0.491 e. The summed E-state index contributed by atoms with van der Waals surface area (Å²) in [7, 11) is 1.29. The third-order valence-electron chi connectivity index (χ3n) is 4.40. The standard InChI is InChI=1S/C16H23BClFN2O2/c1-15(2)16(3,4)23-17(22-15)11(9-21-5)6-10-7-12(18)8-13(19)14(10)20/h6-8,21H,9,20H2,1-5H3. The van der Waals surface area contributed by atoms with Crippen LogP contribution in [0.3, 0.4) is 0 Å². The summed E-state index contributed by atoms with van der Waals surface area (Å²) in [4.78, 5) is 0. The van der Waals surface area contributed by atoms with Crippen molar-refractivity contribution in [1.82, 2.24) is 5.32 Å². The van der Waals surface area contributed by atoms with Gasteiger partial charge in [0.1, 0.15) is 5.82 Å². The van der Waals surface area contributed by atoms with Gasteiger partial charge in [-0.3, -0.25) is 0 Å². The molecule has 1 fully saturated rings. The van der Waals surface area contributed by atoms with Crippen molar-refractivity contribution in [2.24, 2.45) is 0 Å². The second-order valence-electron chi connectivity index (χ2n) is 6.73. The van der Waals surface area contributed by atoms with Gasteiger partial charge in [-0.05, 0) is 52.3 Å². The van der Waals surface area contributed by atoms with Crippen molar-refractivity contribution >= 4 is 30.5 Å². The number of likely N-dealkylation sites (N-methyl/N-ethyl adjacent to an activating group) is 1. The lowest BCUT2D eigenvalue weighted by Gasteiger charge is -2.32. The summed E-state index contributed by atoms with van der Waals surface area (Å²) in [5.74, 6) is -0.540. The minimum absolute atomic E-state index is 0.0551. The van der Waals surface area contributed by atoms with E-state index in [1.807, 2.05) is 34.7 Å². The zero-order valence-corrected chi connectivity index (χ0v) is 14.9. The molecule has 1 aliphatic heterocycles. The summed E-state index contributed by atoms with van der Waals surface area (Å²) >= 11 is 5.93. The van der Waals surface area contributed by atoms with Crippen LogP contribution < -0.4 is 11.1 Å². The van der Waals surface area contributed by atoms with E-state index in [-0.39, 0.29) is 5.69 Å². The highest BCUT2D eigenvalue weighted by atomic mass is 35.5. The van der Waals surface area contributed by atoms with Crippen LogP contribution in [0.5, 0.6) is 0 Å². The van der Waals surface area contributed by atoms with E-state index in [0.29, 0.717) is 17.1 Å². The fourth-order valence-corrected chi connectivity index (χ4v) is 2.54. The number of nitrogens with one attached hydrogen (secondary N) is 1. The van der Waals surface area contributed by atoms with E-state index in [9.17, 15) is 4.39 Å². The average Bonchev–Trinajstić information content (AvgIpc) is 2.63.